The van der Waals surface area contributed by atoms with Crippen LogP contribution in [0.5, 0.6) is 0 Å². The number of hydrogen-bond donors (Lipinski definition) is 2. The molecule has 0 atom stereocenters. The summed E-state index contributed by atoms with van der Waals surface area (Å²) >= 11 is 9.38. The molecule has 0 bridgehead atoms. The molecule has 22 heavy (non-hydrogen) atoms. The van der Waals surface area contributed by atoms with Crippen molar-refractivity contribution >= 4 is 50.7 Å². The second kappa shape index (κ2) is 6.94. The third-order valence-corrected chi connectivity index (χ3v) is 3.79. The first-order chi connectivity index (χ1) is 10.4. The van der Waals surface area contributed by atoms with E-state index in [-0.39, 0.29) is 11.8 Å². The van der Waals surface area contributed by atoms with Crippen LogP contribution in [0.25, 0.3) is 0 Å². The third-order valence-electron chi connectivity index (χ3n) is 2.98. The average molecular weight is 382 g/mol. The molecule has 0 unspecified atom stereocenters. The van der Waals surface area contributed by atoms with Gasteiger partial charge in [-0.2, -0.15) is 0 Å². The molecule has 0 aliphatic heterocycles. The molecule has 114 valence electrons. The van der Waals surface area contributed by atoms with Crippen LogP contribution in [0.1, 0.15) is 22.8 Å². The summed E-state index contributed by atoms with van der Waals surface area (Å²) in [7, 11) is 0. The Bertz CT molecular complexity index is 747. The smallest absolute Gasteiger partial charge is 0.257 e. The van der Waals surface area contributed by atoms with Gasteiger partial charge >= 0.3 is 0 Å². The van der Waals surface area contributed by atoms with Gasteiger partial charge in [-0.1, -0.05) is 33.6 Å². The molecule has 0 radical (unpaired) electrons. The van der Waals surface area contributed by atoms with Crippen molar-refractivity contribution in [3.63, 3.8) is 0 Å². The highest BCUT2D eigenvalue weighted by molar-refractivity contribution is 9.10. The summed E-state index contributed by atoms with van der Waals surface area (Å²) in [4.78, 5) is 23.4. The fraction of sp³-hybridized carbons (Fsp3) is 0.125. The zero-order chi connectivity index (χ0) is 16.3. The minimum atomic E-state index is -0.305. The van der Waals surface area contributed by atoms with Crippen molar-refractivity contribution < 1.29 is 9.59 Å². The van der Waals surface area contributed by atoms with E-state index >= 15 is 0 Å². The normalized spacial score (nSPS) is 10.2. The fourth-order valence-corrected chi connectivity index (χ4v) is 2.66. The Morgan fingerprint density at radius 3 is 2.45 bits per heavy atom. The third kappa shape index (κ3) is 4.08. The van der Waals surface area contributed by atoms with Crippen molar-refractivity contribution in [1.82, 2.24) is 0 Å². The van der Waals surface area contributed by atoms with Gasteiger partial charge in [0.1, 0.15) is 0 Å². The van der Waals surface area contributed by atoms with Gasteiger partial charge in [-0.25, -0.2) is 0 Å². The number of halogens is 2. The fourth-order valence-electron chi connectivity index (χ4n) is 1.90. The Morgan fingerprint density at radius 2 is 1.82 bits per heavy atom. The van der Waals surface area contributed by atoms with Crippen LogP contribution in [0.4, 0.5) is 11.4 Å². The van der Waals surface area contributed by atoms with Crippen molar-refractivity contribution in [1.29, 1.82) is 0 Å². The molecule has 6 heteroatoms. The molecule has 2 rings (SSSR count). The topological polar surface area (TPSA) is 58.2 Å². The van der Waals surface area contributed by atoms with E-state index in [0.717, 1.165) is 10.0 Å². The number of carbonyl (C=O) groups is 2. The molecule has 0 spiro atoms. The summed E-state index contributed by atoms with van der Waals surface area (Å²) in [5.41, 5.74) is 2.51. The molecule has 0 fully saturated rings. The summed E-state index contributed by atoms with van der Waals surface area (Å²) in [5, 5.41) is 5.86. The summed E-state index contributed by atoms with van der Waals surface area (Å²) in [6, 6.07) is 10.4. The van der Waals surface area contributed by atoms with Crippen LogP contribution in [0, 0.1) is 6.92 Å². The van der Waals surface area contributed by atoms with Crippen LogP contribution in [0.3, 0.4) is 0 Å². The van der Waals surface area contributed by atoms with Crippen LogP contribution in [-0.2, 0) is 4.79 Å². The van der Waals surface area contributed by atoms with E-state index in [1.165, 1.54) is 6.92 Å². The first-order valence-electron chi connectivity index (χ1n) is 6.51. The monoisotopic (exact) mass is 380 g/mol. The minimum absolute atomic E-state index is 0.169. The highest BCUT2D eigenvalue weighted by atomic mass is 79.9. The Balaban J connectivity index is 2.25. The molecule has 4 nitrogen and oxygen atoms in total. The number of carbonyl (C=O) groups excluding carboxylic acids is 2. The van der Waals surface area contributed by atoms with Gasteiger partial charge < -0.3 is 10.6 Å². The maximum Gasteiger partial charge on any atom is 0.257 e. The number of hydrogen-bond acceptors (Lipinski definition) is 2. The van der Waals surface area contributed by atoms with Crippen molar-refractivity contribution in [2.75, 3.05) is 10.6 Å². The predicted octanol–water partition coefficient (Wildman–Crippen LogP) is 4.62. The Labute approximate surface area is 142 Å². The van der Waals surface area contributed by atoms with Crippen LogP contribution < -0.4 is 10.6 Å². The molecular weight excluding hydrogens is 368 g/mol. The lowest BCUT2D eigenvalue weighted by Gasteiger charge is -2.12. The van der Waals surface area contributed by atoms with Crippen molar-refractivity contribution in [2.24, 2.45) is 0 Å². The summed E-state index contributed by atoms with van der Waals surface area (Å²) in [6.45, 7) is 3.30. The number of anilines is 2. The molecule has 0 saturated heterocycles. The first-order valence-corrected chi connectivity index (χ1v) is 7.68. The molecule has 2 aromatic carbocycles. The molecule has 2 aromatic rings. The SMILES string of the molecule is CC(=O)Nc1ccc(C)c(NC(=O)c2ccc(Br)cc2Cl)c1. The highest BCUT2D eigenvalue weighted by Gasteiger charge is 2.12. The molecular formula is C16H14BrClN2O2. The van der Waals surface area contributed by atoms with Crippen molar-refractivity contribution in [3.8, 4) is 0 Å². The number of aryl methyl sites for hydroxylation is 1. The Hall–Kier alpha value is -1.85. The molecule has 2 amide bonds. The number of amides is 2. The van der Waals surface area contributed by atoms with Crippen LogP contribution in [0.15, 0.2) is 40.9 Å². The van der Waals surface area contributed by atoms with E-state index < -0.39 is 0 Å². The largest absolute Gasteiger partial charge is 0.326 e. The lowest BCUT2D eigenvalue weighted by atomic mass is 10.1. The van der Waals surface area contributed by atoms with E-state index in [0.29, 0.717) is 22.0 Å². The molecule has 0 aliphatic carbocycles. The van der Waals surface area contributed by atoms with Crippen molar-refractivity contribution in [3.05, 3.63) is 57.0 Å². The van der Waals surface area contributed by atoms with Gasteiger partial charge in [0, 0.05) is 22.8 Å². The van der Waals surface area contributed by atoms with E-state index in [2.05, 4.69) is 26.6 Å². The molecule has 0 saturated carbocycles. The molecule has 2 N–H and O–H groups in total. The number of rotatable bonds is 3. The number of benzene rings is 2. The van der Waals surface area contributed by atoms with Gasteiger partial charge in [0.15, 0.2) is 0 Å². The zero-order valence-corrected chi connectivity index (χ0v) is 14.4. The predicted molar refractivity (Wildman–Crippen MR) is 92.6 cm³/mol. The lowest BCUT2D eigenvalue weighted by Crippen LogP contribution is -2.14. The summed E-state index contributed by atoms with van der Waals surface area (Å²) in [5.74, 6) is -0.474. The van der Waals surface area contributed by atoms with Gasteiger partial charge in [0.25, 0.3) is 5.91 Å². The second-order valence-corrected chi connectivity index (χ2v) is 6.11. The average Bonchev–Trinajstić information content (AvgIpc) is 2.41. The van der Waals surface area contributed by atoms with Crippen LogP contribution >= 0.6 is 27.5 Å². The van der Waals surface area contributed by atoms with E-state index in [4.69, 9.17) is 11.6 Å². The summed E-state index contributed by atoms with van der Waals surface area (Å²) in [6.07, 6.45) is 0. The summed E-state index contributed by atoms with van der Waals surface area (Å²) < 4.78 is 0.804. The minimum Gasteiger partial charge on any atom is -0.326 e. The van der Waals surface area contributed by atoms with Crippen molar-refractivity contribution in [2.45, 2.75) is 13.8 Å². The van der Waals surface area contributed by atoms with Gasteiger partial charge in [-0.15, -0.1) is 0 Å². The quantitative estimate of drug-likeness (QED) is 0.815. The van der Waals surface area contributed by atoms with E-state index in [1.54, 1.807) is 30.3 Å². The Morgan fingerprint density at radius 1 is 1.09 bits per heavy atom. The van der Waals surface area contributed by atoms with E-state index in [9.17, 15) is 9.59 Å². The number of nitrogens with one attached hydrogen (secondary N) is 2. The Kier molecular flexibility index (Phi) is 5.21. The highest BCUT2D eigenvalue weighted by Crippen LogP contribution is 2.24. The van der Waals surface area contributed by atoms with Gasteiger partial charge in [0.05, 0.1) is 10.6 Å². The second-order valence-electron chi connectivity index (χ2n) is 4.79. The van der Waals surface area contributed by atoms with Gasteiger partial charge in [-0.3, -0.25) is 9.59 Å². The van der Waals surface area contributed by atoms with E-state index in [1.807, 2.05) is 13.0 Å². The molecule has 0 aliphatic rings. The zero-order valence-electron chi connectivity index (χ0n) is 12.0. The van der Waals surface area contributed by atoms with Crippen LogP contribution in [-0.4, -0.2) is 11.8 Å². The van der Waals surface area contributed by atoms with Crippen LogP contribution in [0.2, 0.25) is 5.02 Å². The maximum atomic E-state index is 12.3. The molecule has 0 heterocycles. The first kappa shape index (κ1) is 16.5. The lowest BCUT2D eigenvalue weighted by molar-refractivity contribution is -0.114. The standard InChI is InChI=1S/C16H14BrClN2O2/c1-9-3-5-12(19-10(2)21)8-15(9)20-16(22)13-6-4-11(17)7-14(13)18/h3-8H,1-2H3,(H,19,21)(H,20,22). The maximum absolute atomic E-state index is 12.3. The molecule has 0 aromatic heterocycles. The van der Waals surface area contributed by atoms with Gasteiger partial charge in [0.2, 0.25) is 5.91 Å². The van der Waals surface area contributed by atoms with Gasteiger partial charge in [-0.05, 0) is 42.8 Å².